The van der Waals surface area contributed by atoms with Crippen LogP contribution in [-0.4, -0.2) is 49.1 Å². The molecule has 1 N–H and O–H groups in total. The number of benzene rings is 1. The highest BCUT2D eigenvalue weighted by molar-refractivity contribution is 5.95. The molecule has 2 saturated heterocycles. The van der Waals surface area contributed by atoms with Crippen molar-refractivity contribution in [2.45, 2.75) is 0 Å². The van der Waals surface area contributed by atoms with Crippen molar-refractivity contribution in [2.24, 2.45) is 11.8 Å². The van der Waals surface area contributed by atoms with Gasteiger partial charge in [-0.05, 0) is 35.6 Å². The van der Waals surface area contributed by atoms with Crippen molar-refractivity contribution >= 4 is 30.7 Å². The molecule has 4 rings (SSSR count). The Hall–Kier alpha value is -1.82. The summed E-state index contributed by atoms with van der Waals surface area (Å²) in [5, 5.41) is 3.40. The van der Waals surface area contributed by atoms with Crippen LogP contribution in [0.2, 0.25) is 0 Å². The van der Waals surface area contributed by atoms with E-state index in [0.29, 0.717) is 17.4 Å². The highest BCUT2D eigenvalue weighted by Crippen LogP contribution is 2.28. The number of methoxy groups -OCH3 is 1. The monoisotopic (exact) mass is 395 g/mol. The first-order chi connectivity index (χ1) is 11.7. The van der Waals surface area contributed by atoms with Crippen LogP contribution in [0.4, 0.5) is 0 Å². The van der Waals surface area contributed by atoms with Gasteiger partial charge in [-0.2, -0.15) is 0 Å². The van der Waals surface area contributed by atoms with E-state index in [1.165, 1.54) is 0 Å². The van der Waals surface area contributed by atoms with E-state index in [4.69, 9.17) is 4.74 Å². The summed E-state index contributed by atoms with van der Waals surface area (Å²) in [5.74, 6) is 2.11. The molecule has 1 aromatic carbocycles. The topological polar surface area (TPSA) is 54.5 Å². The molecule has 7 heteroatoms. The molecule has 2 fully saturated rings. The number of ether oxygens (including phenoxy) is 1. The average molecular weight is 396 g/mol. The molecule has 0 bridgehead atoms. The number of nitrogens with zero attached hydrogens (tertiary/aromatic N) is 2. The van der Waals surface area contributed by atoms with Gasteiger partial charge >= 0.3 is 0 Å². The molecule has 2 aliphatic heterocycles. The predicted molar refractivity (Wildman–Crippen MR) is 106 cm³/mol. The van der Waals surface area contributed by atoms with Gasteiger partial charge in [-0.3, -0.25) is 9.78 Å². The van der Waals surface area contributed by atoms with Crippen LogP contribution in [-0.2, 0) is 0 Å². The molecule has 3 heterocycles. The molecule has 26 heavy (non-hydrogen) atoms. The highest BCUT2D eigenvalue weighted by atomic mass is 35.5. The lowest BCUT2D eigenvalue weighted by Gasteiger charge is -2.17. The Morgan fingerprint density at radius 2 is 1.73 bits per heavy atom. The number of fused-ring (bicyclic) bond motifs is 1. The summed E-state index contributed by atoms with van der Waals surface area (Å²) < 4.78 is 5.19. The van der Waals surface area contributed by atoms with Gasteiger partial charge in [-0.15, -0.1) is 24.8 Å². The maximum Gasteiger partial charge on any atom is 0.255 e. The molecule has 0 aliphatic carbocycles. The van der Waals surface area contributed by atoms with Crippen LogP contribution in [0.1, 0.15) is 10.4 Å². The van der Waals surface area contributed by atoms with E-state index in [0.717, 1.165) is 43.1 Å². The van der Waals surface area contributed by atoms with E-state index in [1.54, 1.807) is 19.5 Å². The quantitative estimate of drug-likeness (QED) is 0.867. The summed E-state index contributed by atoms with van der Waals surface area (Å²) in [6.45, 7) is 3.75. The van der Waals surface area contributed by atoms with Crippen LogP contribution >= 0.6 is 24.8 Å². The van der Waals surface area contributed by atoms with Gasteiger partial charge in [-0.1, -0.05) is 12.1 Å². The summed E-state index contributed by atoms with van der Waals surface area (Å²) in [6.07, 6.45) is 3.46. The second-order valence-electron chi connectivity index (χ2n) is 6.58. The number of rotatable bonds is 3. The van der Waals surface area contributed by atoms with Crippen molar-refractivity contribution in [1.82, 2.24) is 15.2 Å². The molecule has 2 aliphatic rings. The number of hydrogen-bond donors (Lipinski definition) is 1. The van der Waals surface area contributed by atoms with Crippen LogP contribution in [0.5, 0.6) is 5.75 Å². The fourth-order valence-electron chi connectivity index (χ4n) is 3.70. The first-order valence-electron chi connectivity index (χ1n) is 8.34. The summed E-state index contributed by atoms with van der Waals surface area (Å²) in [6, 6.07) is 9.73. The van der Waals surface area contributed by atoms with E-state index in [2.05, 4.69) is 10.3 Å². The number of halogens is 2. The zero-order valence-corrected chi connectivity index (χ0v) is 16.2. The normalized spacial score (nSPS) is 20.7. The number of hydrogen-bond acceptors (Lipinski definition) is 4. The minimum Gasteiger partial charge on any atom is -0.497 e. The fraction of sp³-hybridized carbons (Fsp3) is 0.368. The minimum absolute atomic E-state index is 0. The summed E-state index contributed by atoms with van der Waals surface area (Å²) in [5.41, 5.74) is 2.64. The average Bonchev–Trinajstić information content (AvgIpc) is 3.23. The van der Waals surface area contributed by atoms with Gasteiger partial charge in [-0.25, -0.2) is 0 Å². The van der Waals surface area contributed by atoms with Crippen LogP contribution in [0.15, 0.2) is 42.7 Å². The number of carbonyl (C=O) groups excluding carboxylic acids is 1. The van der Waals surface area contributed by atoms with Crippen LogP contribution in [0.25, 0.3) is 11.1 Å². The number of amides is 1. The van der Waals surface area contributed by atoms with E-state index in [9.17, 15) is 4.79 Å². The van der Waals surface area contributed by atoms with Crippen LogP contribution in [0, 0.1) is 11.8 Å². The van der Waals surface area contributed by atoms with Gasteiger partial charge in [0.2, 0.25) is 0 Å². The first-order valence-corrected chi connectivity index (χ1v) is 8.34. The van der Waals surface area contributed by atoms with Crippen molar-refractivity contribution in [3.63, 3.8) is 0 Å². The van der Waals surface area contributed by atoms with Gasteiger partial charge < -0.3 is 15.0 Å². The molecule has 1 aromatic heterocycles. The lowest BCUT2D eigenvalue weighted by Crippen LogP contribution is -2.31. The van der Waals surface area contributed by atoms with Crippen molar-refractivity contribution in [2.75, 3.05) is 33.3 Å². The summed E-state index contributed by atoms with van der Waals surface area (Å²) >= 11 is 0. The van der Waals surface area contributed by atoms with Crippen molar-refractivity contribution in [3.05, 3.63) is 48.3 Å². The first kappa shape index (κ1) is 20.5. The highest BCUT2D eigenvalue weighted by Gasteiger charge is 2.38. The Kier molecular flexibility index (Phi) is 6.87. The van der Waals surface area contributed by atoms with Gasteiger partial charge in [0.15, 0.2) is 0 Å². The third kappa shape index (κ3) is 3.95. The Balaban J connectivity index is 0.00000121. The third-order valence-electron chi connectivity index (χ3n) is 5.09. The predicted octanol–water partition coefficient (Wildman–Crippen LogP) is 2.89. The SMILES string of the molecule is COc1ccc(-c2cncc(C(=O)N3C[C@H]4CNC[C@H]4C3)c2)cc1.Cl.Cl. The number of carbonyl (C=O) groups is 1. The van der Waals surface area contributed by atoms with Gasteiger partial charge in [0.25, 0.3) is 5.91 Å². The van der Waals surface area contributed by atoms with E-state index in [-0.39, 0.29) is 30.7 Å². The number of aromatic nitrogens is 1. The van der Waals surface area contributed by atoms with Crippen LogP contribution in [0.3, 0.4) is 0 Å². The summed E-state index contributed by atoms with van der Waals surface area (Å²) in [4.78, 5) is 19.1. The smallest absolute Gasteiger partial charge is 0.255 e. The fourth-order valence-corrected chi connectivity index (χ4v) is 3.70. The number of pyridine rings is 1. The molecule has 0 saturated carbocycles. The molecule has 2 atom stereocenters. The standard InChI is InChI=1S/C19H21N3O2.2ClH/c1-24-18-4-2-13(3-5-18)14-6-15(8-20-7-14)19(23)22-11-16-9-21-10-17(16)12-22;;/h2-8,16-17,21H,9-12H2,1H3;2*1H/t16-,17+;;. The van der Waals surface area contributed by atoms with Crippen LogP contribution < -0.4 is 10.1 Å². The van der Waals surface area contributed by atoms with Gasteiger partial charge in [0.1, 0.15) is 5.75 Å². The van der Waals surface area contributed by atoms with Crippen molar-refractivity contribution < 1.29 is 9.53 Å². The Morgan fingerprint density at radius 3 is 2.35 bits per heavy atom. The molecule has 0 unspecified atom stereocenters. The Bertz CT molecular complexity index is 743. The molecule has 5 nitrogen and oxygen atoms in total. The molecule has 2 aromatic rings. The molecule has 0 spiro atoms. The maximum atomic E-state index is 12.8. The molecule has 140 valence electrons. The summed E-state index contributed by atoms with van der Waals surface area (Å²) in [7, 11) is 1.65. The molecule has 0 radical (unpaired) electrons. The molecular weight excluding hydrogens is 373 g/mol. The maximum absolute atomic E-state index is 12.8. The third-order valence-corrected chi connectivity index (χ3v) is 5.09. The van der Waals surface area contributed by atoms with Crippen molar-refractivity contribution in [1.29, 1.82) is 0 Å². The Labute approximate surface area is 166 Å². The van der Waals surface area contributed by atoms with Crippen molar-refractivity contribution in [3.8, 4) is 16.9 Å². The Morgan fingerprint density at radius 1 is 1.08 bits per heavy atom. The van der Waals surface area contributed by atoms with E-state index >= 15 is 0 Å². The molecule has 1 amide bonds. The van der Waals surface area contributed by atoms with Gasteiger partial charge in [0.05, 0.1) is 12.7 Å². The lowest BCUT2D eigenvalue weighted by molar-refractivity contribution is 0.0781. The van der Waals surface area contributed by atoms with E-state index in [1.807, 2.05) is 35.2 Å². The molecular formula is C19H23Cl2N3O2. The van der Waals surface area contributed by atoms with Gasteiger partial charge in [0, 0.05) is 44.1 Å². The lowest BCUT2D eigenvalue weighted by atomic mass is 10.0. The number of nitrogens with one attached hydrogen (secondary N) is 1. The second kappa shape index (κ2) is 8.71. The zero-order valence-electron chi connectivity index (χ0n) is 14.6. The van der Waals surface area contributed by atoms with E-state index < -0.39 is 0 Å². The second-order valence-corrected chi connectivity index (χ2v) is 6.58. The minimum atomic E-state index is 0. The number of likely N-dealkylation sites (tertiary alicyclic amines) is 1. The largest absolute Gasteiger partial charge is 0.497 e. The zero-order chi connectivity index (χ0) is 16.5.